The second-order valence-corrected chi connectivity index (χ2v) is 11.1. The summed E-state index contributed by atoms with van der Waals surface area (Å²) in [7, 11) is 5.00. The summed E-state index contributed by atoms with van der Waals surface area (Å²) in [6, 6.07) is 20.7. The van der Waals surface area contributed by atoms with E-state index in [2.05, 4.69) is 48.2 Å². The van der Waals surface area contributed by atoms with Crippen LogP contribution in [0.15, 0.2) is 60.7 Å². The van der Waals surface area contributed by atoms with Gasteiger partial charge in [-0.3, -0.25) is 4.90 Å². The lowest BCUT2D eigenvalue weighted by molar-refractivity contribution is 0.202. The van der Waals surface area contributed by atoms with Crippen molar-refractivity contribution >= 4 is 22.9 Å². The van der Waals surface area contributed by atoms with E-state index in [9.17, 15) is 0 Å². The fraction of sp³-hybridized carbons (Fsp3) is 0.323. The minimum Gasteiger partial charge on any atom is -0.496 e. The molecule has 0 amide bonds. The highest BCUT2D eigenvalue weighted by Gasteiger charge is 2.26. The summed E-state index contributed by atoms with van der Waals surface area (Å²) in [6.45, 7) is 4.92. The third-order valence-electron chi connectivity index (χ3n) is 7.19. The molecule has 38 heavy (non-hydrogen) atoms. The fourth-order valence-corrected chi connectivity index (χ4v) is 6.40. The SMILES string of the molecule is COc1cc(OC)c(OC)cc1CN1CCC(c2nc(-c3ccc(Cl)cc3)c(-c3ccc(C)cc3)s2)CC1. The fourth-order valence-electron chi connectivity index (χ4n) is 5.01. The maximum Gasteiger partial charge on any atom is 0.164 e. The maximum atomic E-state index is 6.18. The van der Waals surface area contributed by atoms with Crippen molar-refractivity contribution in [2.75, 3.05) is 34.4 Å². The van der Waals surface area contributed by atoms with Gasteiger partial charge in [0, 0.05) is 34.7 Å². The molecule has 0 spiro atoms. The summed E-state index contributed by atoms with van der Waals surface area (Å²) >= 11 is 8.01. The molecule has 1 aromatic heterocycles. The molecular weight excluding hydrogens is 516 g/mol. The lowest BCUT2D eigenvalue weighted by atomic mass is 9.97. The second-order valence-electron chi connectivity index (χ2n) is 9.67. The summed E-state index contributed by atoms with van der Waals surface area (Å²) < 4.78 is 16.6. The molecule has 1 aliphatic rings. The van der Waals surface area contributed by atoms with Crippen LogP contribution in [0.3, 0.4) is 0 Å². The first kappa shape index (κ1) is 26.5. The maximum absolute atomic E-state index is 6.18. The zero-order valence-electron chi connectivity index (χ0n) is 22.3. The predicted octanol–water partition coefficient (Wildman–Crippen LogP) is 7.84. The van der Waals surface area contributed by atoms with E-state index in [4.69, 9.17) is 30.8 Å². The van der Waals surface area contributed by atoms with Gasteiger partial charge in [-0.2, -0.15) is 0 Å². The van der Waals surface area contributed by atoms with Crippen LogP contribution >= 0.6 is 22.9 Å². The first-order valence-corrected chi connectivity index (χ1v) is 14.0. The van der Waals surface area contributed by atoms with Crippen molar-refractivity contribution in [2.45, 2.75) is 32.2 Å². The van der Waals surface area contributed by atoms with E-state index in [1.54, 1.807) is 21.3 Å². The highest BCUT2D eigenvalue weighted by molar-refractivity contribution is 7.15. The van der Waals surface area contributed by atoms with E-state index in [1.807, 2.05) is 35.6 Å². The number of thiazole rings is 1. The van der Waals surface area contributed by atoms with Crippen LogP contribution in [-0.2, 0) is 6.54 Å². The molecule has 0 aliphatic carbocycles. The average molecular weight is 549 g/mol. The van der Waals surface area contributed by atoms with Gasteiger partial charge in [0.05, 0.1) is 36.9 Å². The van der Waals surface area contributed by atoms with Gasteiger partial charge in [0.2, 0.25) is 0 Å². The van der Waals surface area contributed by atoms with Crippen molar-refractivity contribution in [1.29, 1.82) is 0 Å². The number of methoxy groups -OCH3 is 3. The number of ether oxygens (including phenoxy) is 3. The van der Waals surface area contributed by atoms with Crippen LogP contribution in [0.5, 0.6) is 17.2 Å². The largest absolute Gasteiger partial charge is 0.496 e. The molecule has 0 saturated carbocycles. The number of hydrogen-bond donors (Lipinski definition) is 0. The minimum atomic E-state index is 0.439. The third-order valence-corrected chi connectivity index (χ3v) is 8.71. The van der Waals surface area contributed by atoms with Gasteiger partial charge in [0.25, 0.3) is 0 Å². The number of benzene rings is 3. The first-order chi connectivity index (χ1) is 18.5. The average Bonchev–Trinajstić information content (AvgIpc) is 3.39. The molecule has 5 rings (SSSR count). The number of likely N-dealkylation sites (tertiary alicyclic amines) is 1. The van der Waals surface area contributed by atoms with Crippen molar-refractivity contribution < 1.29 is 14.2 Å². The van der Waals surface area contributed by atoms with E-state index < -0.39 is 0 Å². The predicted molar refractivity (Wildman–Crippen MR) is 156 cm³/mol. The van der Waals surface area contributed by atoms with Gasteiger partial charge >= 0.3 is 0 Å². The number of hydrogen-bond acceptors (Lipinski definition) is 6. The standard InChI is InChI=1S/C31H33ClN2O3S/c1-20-5-7-22(8-6-20)30-29(21-9-11-25(32)12-10-21)33-31(38-30)23-13-15-34(16-14-23)19-24-17-27(36-3)28(37-4)18-26(24)35-2/h5-12,17-18,23H,13-16,19H2,1-4H3. The molecule has 2 heterocycles. The van der Waals surface area contributed by atoms with Crippen LogP contribution in [0, 0.1) is 6.92 Å². The Morgan fingerprint density at radius 3 is 2.08 bits per heavy atom. The van der Waals surface area contributed by atoms with Crippen molar-refractivity contribution in [3.05, 3.63) is 81.8 Å². The Balaban J connectivity index is 1.35. The molecule has 5 nitrogen and oxygen atoms in total. The Kier molecular flexibility index (Phi) is 8.22. The van der Waals surface area contributed by atoms with Gasteiger partial charge in [-0.25, -0.2) is 4.98 Å². The summed E-state index contributed by atoms with van der Waals surface area (Å²) in [5.41, 5.74) is 5.71. The van der Waals surface area contributed by atoms with Crippen molar-refractivity contribution in [3.8, 4) is 38.9 Å². The Labute approximate surface area is 234 Å². The van der Waals surface area contributed by atoms with Gasteiger partial charge in [0.1, 0.15) is 5.75 Å². The van der Waals surface area contributed by atoms with Crippen molar-refractivity contribution in [2.24, 2.45) is 0 Å². The van der Waals surface area contributed by atoms with E-state index in [1.165, 1.54) is 21.0 Å². The van der Waals surface area contributed by atoms with Crippen LogP contribution in [-0.4, -0.2) is 44.3 Å². The number of halogens is 1. The topological polar surface area (TPSA) is 43.8 Å². The van der Waals surface area contributed by atoms with Gasteiger partial charge in [-0.05, 0) is 56.6 Å². The van der Waals surface area contributed by atoms with Gasteiger partial charge < -0.3 is 14.2 Å². The van der Waals surface area contributed by atoms with Crippen LogP contribution in [0.25, 0.3) is 21.7 Å². The number of aromatic nitrogens is 1. The van der Waals surface area contributed by atoms with Gasteiger partial charge in [0.15, 0.2) is 11.5 Å². The molecule has 4 aromatic rings. The van der Waals surface area contributed by atoms with E-state index in [-0.39, 0.29) is 0 Å². The number of aryl methyl sites for hydroxylation is 1. The zero-order valence-corrected chi connectivity index (χ0v) is 23.9. The Morgan fingerprint density at radius 2 is 1.45 bits per heavy atom. The molecule has 1 aliphatic heterocycles. The number of nitrogens with zero attached hydrogens (tertiary/aromatic N) is 2. The summed E-state index contributed by atoms with van der Waals surface area (Å²) in [6.07, 6.45) is 2.13. The van der Waals surface area contributed by atoms with E-state index >= 15 is 0 Å². The lowest BCUT2D eigenvalue weighted by Crippen LogP contribution is -2.32. The first-order valence-electron chi connectivity index (χ1n) is 12.8. The molecule has 0 unspecified atom stereocenters. The molecule has 0 atom stereocenters. The van der Waals surface area contributed by atoms with Crippen LogP contribution in [0.4, 0.5) is 0 Å². The molecule has 1 saturated heterocycles. The monoisotopic (exact) mass is 548 g/mol. The zero-order chi connectivity index (χ0) is 26.6. The molecule has 1 fully saturated rings. The normalized spacial score (nSPS) is 14.4. The summed E-state index contributed by atoms with van der Waals surface area (Å²) in [5.74, 6) is 2.66. The third kappa shape index (κ3) is 5.68. The molecule has 198 valence electrons. The molecular formula is C31H33ClN2O3S. The molecule has 0 bridgehead atoms. The van der Waals surface area contributed by atoms with Crippen LogP contribution in [0.2, 0.25) is 5.02 Å². The second kappa shape index (κ2) is 11.8. The minimum absolute atomic E-state index is 0.439. The summed E-state index contributed by atoms with van der Waals surface area (Å²) in [4.78, 5) is 8.92. The molecule has 7 heteroatoms. The highest BCUT2D eigenvalue weighted by Crippen LogP contribution is 2.42. The molecule has 0 radical (unpaired) electrons. The van der Waals surface area contributed by atoms with Crippen LogP contribution < -0.4 is 14.2 Å². The van der Waals surface area contributed by atoms with Crippen molar-refractivity contribution in [3.63, 3.8) is 0 Å². The van der Waals surface area contributed by atoms with E-state index in [0.29, 0.717) is 11.7 Å². The van der Waals surface area contributed by atoms with Gasteiger partial charge in [-0.1, -0.05) is 53.6 Å². The molecule has 0 N–H and O–H groups in total. The van der Waals surface area contributed by atoms with Crippen molar-refractivity contribution in [1.82, 2.24) is 9.88 Å². The Morgan fingerprint density at radius 1 is 0.842 bits per heavy atom. The number of rotatable bonds is 8. The molecule has 3 aromatic carbocycles. The number of piperidine rings is 1. The Hall–Kier alpha value is -3.06. The van der Waals surface area contributed by atoms with E-state index in [0.717, 1.165) is 65.8 Å². The smallest absolute Gasteiger partial charge is 0.164 e. The Bertz CT molecular complexity index is 1310. The highest BCUT2D eigenvalue weighted by atomic mass is 35.5. The quantitative estimate of drug-likeness (QED) is 0.224. The van der Waals surface area contributed by atoms with Gasteiger partial charge in [-0.15, -0.1) is 11.3 Å². The van der Waals surface area contributed by atoms with Crippen LogP contribution in [0.1, 0.15) is 34.9 Å². The lowest BCUT2D eigenvalue weighted by Gasteiger charge is -2.31. The summed E-state index contributed by atoms with van der Waals surface area (Å²) in [5, 5.41) is 1.95.